The third-order valence-corrected chi connectivity index (χ3v) is 3.99. The minimum Gasteiger partial charge on any atom is -0.422 e. The topological polar surface area (TPSA) is 69.8 Å². The van der Waals surface area contributed by atoms with Crippen molar-refractivity contribution in [1.29, 1.82) is 5.26 Å². The van der Waals surface area contributed by atoms with Crippen LogP contribution in [0.15, 0.2) is 63.8 Å². The molecule has 0 fully saturated rings. The quantitative estimate of drug-likeness (QED) is 0.569. The molecular formula is C19H12N2O2. The lowest BCUT2D eigenvalue weighted by Crippen LogP contribution is -2.01. The molecule has 0 radical (unpaired) electrons. The van der Waals surface area contributed by atoms with Crippen molar-refractivity contribution in [3.05, 3.63) is 70.6 Å². The number of rotatable bonds is 2. The fourth-order valence-corrected chi connectivity index (χ4v) is 2.99. The number of fused-ring (bicyclic) bond motifs is 3. The Kier molecular flexibility index (Phi) is 2.99. The Hall–Kier alpha value is -3.32. The van der Waals surface area contributed by atoms with Crippen LogP contribution >= 0.6 is 0 Å². The molecule has 0 aliphatic rings. The maximum absolute atomic E-state index is 12.4. The molecule has 0 saturated carbocycles. The maximum atomic E-state index is 12.4. The van der Waals surface area contributed by atoms with Crippen LogP contribution in [0.1, 0.15) is 5.56 Å². The number of aromatic nitrogens is 1. The minimum absolute atomic E-state index is 0.146. The van der Waals surface area contributed by atoms with Crippen LogP contribution in [0.3, 0.4) is 0 Å². The molecule has 1 N–H and O–H groups in total. The molecule has 4 heteroatoms. The fourth-order valence-electron chi connectivity index (χ4n) is 2.99. The summed E-state index contributed by atoms with van der Waals surface area (Å²) in [6.07, 6.45) is 0.146. The standard InChI is InChI=1S/C19H12N2O2/c20-11-10-14-16-18(21-17(14)12-6-2-1-3-7-12)13-8-4-5-9-15(13)23-19(16)22/h1-9,21H,10H2. The highest BCUT2D eigenvalue weighted by molar-refractivity contribution is 6.06. The molecular weight excluding hydrogens is 288 g/mol. The van der Waals surface area contributed by atoms with Gasteiger partial charge in [0.05, 0.1) is 29.1 Å². The van der Waals surface area contributed by atoms with Crippen LogP contribution in [0, 0.1) is 11.3 Å². The van der Waals surface area contributed by atoms with Gasteiger partial charge in [0.25, 0.3) is 0 Å². The van der Waals surface area contributed by atoms with Crippen LogP contribution in [-0.4, -0.2) is 4.98 Å². The Morgan fingerprint density at radius 2 is 1.78 bits per heavy atom. The second-order valence-electron chi connectivity index (χ2n) is 5.32. The van der Waals surface area contributed by atoms with Gasteiger partial charge in [-0.2, -0.15) is 5.26 Å². The van der Waals surface area contributed by atoms with Crippen molar-refractivity contribution < 1.29 is 4.42 Å². The molecule has 0 atom stereocenters. The molecule has 0 saturated heterocycles. The summed E-state index contributed by atoms with van der Waals surface area (Å²) in [6, 6.07) is 19.2. The van der Waals surface area contributed by atoms with E-state index in [1.807, 2.05) is 48.5 Å². The van der Waals surface area contributed by atoms with Crippen molar-refractivity contribution in [3.63, 3.8) is 0 Å². The van der Waals surface area contributed by atoms with Crippen molar-refractivity contribution >= 4 is 21.9 Å². The summed E-state index contributed by atoms with van der Waals surface area (Å²) in [4.78, 5) is 15.8. The van der Waals surface area contributed by atoms with E-state index in [1.165, 1.54) is 0 Å². The van der Waals surface area contributed by atoms with E-state index in [-0.39, 0.29) is 6.42 Å². The Morgan fingerprint density at radius 3 is 2.57 bits per heavy atom. The number of benzene rings is 2. The van der Waals surface area contributed by atoms with Crippen molar-refractivity contribution in [2.24, 2.45) is 0 Å². The van der Waals surface area contributed by atoms with Crippen LogP contribution in [0.25, 0.3) is 33.1 Å². The normalized spacial score (nSPS) is 10.9. The Balaban J connectivity index is 2.18. The third kappa shape index (κ3) is 2.02. The van der Waals surface area contributed by atoms with Gasteiger partial charge in [-0.1, -0.05) is 42.5 Å². The molecule has 2 aromatic carbocycles. The first-order valence-electron chi connectivity index (χ1n) is 7.28. The molecule has 0 aliphatic heterocycles. The zero-order valence-electron chi connectivity index (χ0n) is 12.2. The highest BCUT2D eigenvalue weighted by atomic mass is 16.4. The van der Waals surface area contributed by atoms with Gasteiger partial charge in [-0.25, -0.2) is 4.79 Å². The summed E-state index contributed by atoms with van der Waals surface area (Å²) in [5.41, 5.74) is 3.27. The van der Waals surface area contributed by atoms with Gasteiger partial charge in [0.15, 0.2) is 0 Å². The predicted molar refractivity (Wildman–Crippen MR) is 89.1 cm³/mol. The van der Waals surface area contributed by atoms with Gasteiger partial charge in [0.2, 0.25) is 0 Å². The van der Waals surface area contributed by atoms with Gasteiger partial charge >= 0.3 is 5.63 Å². The van der Waals surface area contributed by atoms with E-state index in [1.54, 1.807) is 6.07 Å². The molecule has 4 rings (SSSR count). The van der Waals surface area contributed by atoms with Gasteiger partial charge in [0, 0.05) is 10.9 Å². The van der Waals surface area contributed by atoms with Crippen molar-refractivity contribution in [2.45, 2.75) is 6.42 Å². The number of nitriles is 1. The zero-order chi connectivity index (χ0) is 15.8. The van der Waals surface area contributed by atoms with Crippen molar-refractivity contribution in [2.75, 3.05) is 0 Å². The Labute approximate surface area is 131 Å². The highest BCUT2D eigenvalue weighted by Gasteiger charge is 2.18. The molecule has 2 aromatic heterocycles. The molecule has 0 amide bonds. The number of nitrogens with one attached hydrogen (secondary N) is 1. The van der Waals surface area contributed by atoms with Gasteiger partial charge in [-0.3, -0.25) is 0 Å². The van der Waals surface area contributed by atoms with Gasteiger partial charge in [0.1, 0.15) is 5.58 Å². The second kappa shape index (κ2) is 5.15. The van der Waals surface area contributed by atoms with Crippen molar-refractivity contribution in [3.8, 4) is 17.3 Å². The molecule has 23 heavy (non-hydrogen) atoms. The van der Waals surface area contributed by atoms with Crippen LogP contribution in [0.5, 0.6) is 0 Å². The average Bonchev–Trinajstić information content (AvgIpc) is 2.97. The Morgan fingerprint density at radius 1 is 1.04 bits per heavy atom. The zero-order valence-corrected chi connectivity index (χ0v) is 12.2. The van der Waals surface area contributed by atoms with Gasteiger partial charge in [-0.15, -0.1) is 0 Å². The third-order valence-electron chi connectivity index (χ3n) is 3.99. The summed E-state index contributed by atoms with van der Waals surface area (Å²) < 4.78 is 5.43. The van der Waals surface area contributed by atoms with E-state index >= 15 is 0 Å². The minimum atomic E-state index is -0.414. The summed E-state index contributed by atoms with van der Waals surface area (Å²) in [7, 11) is 0. The SMILES string of the molecule is N#CCc1c(-c2ccccc2)[nH]c2c1c(=O)oc1ccccc12. The van der Waals surface area contributed by atoms with Crippen LogP contribution in [0.4, 0.5) is 0 Å². The lowest BCUT2D eigenvalue weighted by molar-refractivity contribution is 0.569. The first-order chi connectivity index (χ1) is 11.3. The largest absolute Gasteiger partial charge is 0.422 e. The number of aromatic amines is 1. The Bertz CT molecular complexity index is 1120. The van der Waals surface area contributed by atoms with Gasteiger partial charge in [-0.05, 0) is 17.7 Å². The first-order valence-corrected chi connectivity index (χ1v) is 7.28. The summed E-state index contributed by atoms with van der Waals surface area (Å²) in [5, 5.41) is 10.5. The van der Waals surface area contributed by atoms with E-state index in [0.717, 1.165) is 22.2 Å². The second-order valence-corrected chi connectivity index (χ2v) is 5.32. The van der Waals surface area contributed by atoms with E-state index in [2.05, 4.69) is 11.1 Å². The van der Waals surface area contributed by atoms with Crippen LogP contribution < -0.4 is 5.63 Å². The number of nitrogens with zero attached hydrogens (tertiary/aromatic N) is 1. The molecule has 4 aromatic rings. The molecule has 0 unspecified atom stereocenters. The highest BCUT2D eigenvalue weighted by Crippen LogP contribution is 2.32. The number of para-hydroxylation sites is 1. The first kappa shape index (κ1) is 13.4. The predicted octanol–water partition coefficient (Wildman–Crippen LogP) is 4.01. The summed E-state index contributed by atoms with van der Waals surface area (Å²) in [5.74, 6) is 0. The molecule has 0 bridgehead atoms. The number of hydrogen-bond acceptors (Lipinski definition) is 3. The van der Waals surface area contributed by atoms with E-state index in [0.29, 0.717) is 16.5 Å². The monoisotopic (exact) mass is 300 g/mol. The van der Waals surface area contributed by atoms with Crippen LogP contribution in [0.2, 0.25) is 0 Å². The van der Waals surface area contributed by atoms with Crippen LogP contribution in [-0.2, 0) is 6.42 Å². The van der Waals surface area contributed by atoms with Gasteiger partial charge < -0.3 is 9.40 Å². The molecule has 110 valence electrons. The molecule has 0 aliphatic carbocycles. The molecule has 4 nitrogen and oxygen atoms in total. The lowest BCUT2D eigenvalue weighted by atomic mass is 10.0. The fraction of sp³-hybridized carbons (Fsp3) is 0.0526. The number of hydrogen-bond donors (Lipinski definition) is 1. The van der Waals surface area contributed by atoms with E-state index in [9.17, 15) is 10.1 Å². The molecule has 0 spiro atoms. The average molecular weight is 300 g/mol. The lowest BCUT2D eigenvalue weighted by Gasteiger charge is -2.00. The smallest absolute Gasteiger partial charge is 0.346 e. The maximum Gasteiger partial charge on any atom is 0.346 e. The summed E-state index contributed by atoms with van der Waals surface area (Å²) in [6.45, 7) is 0. The van der Waals surface area contributed by atoms with E-state index in [4.69, 9.17) is 4.42 Å². The number of H-pyrrole nitrogens is 1. The van der Waals surface area contributed by atoms with E-state index < -0.39 is 5.63 Å². The molecule has 2 heterocycles. The summed E-state index contributed by atoms with van der Waals surface area (Å²) >= 11 is 0. The van der Waals surface area contributed by atoms with Crippen molar-refractivity contribution in [1.82, 2.24) is 4.98 Å².